The molecule has 0 spiro atoms. The lowest BCUT2D eigenvalue weighted by Crippen LogP contribution is -2.27. The van der Waals surface area contributed by atoms with Gasteiger partial charge in [-0.2, -0.15) is 0 Å². The lowest BCUT2D eigenvalue weighted by atomic mass is 9.91. The fraction of sp³-hybridized carbons (Fsp3) is 0.600. The van der Waals surface area contributed by atoms with Gasteiger partial charge in [0.05, 0.1) is 0 Å². The van der Waals surface area contributed by atoms with Gasteiger partial charge in [0, 0.05) is 22.9 Å². The normalized spacial score (nSPS) is 20.2. The molecule has 2 aliphatic heterocycles. The average Bonchev–Trinajstić information content (AvgIpc) is 2.46. The molecule has 0 unspecified atom stereocenters. The average molecular weight is 262 g/mol. The number of nitrogens with one attached hydrogen (secondary N) is 2. The second-order valence-electron chi connectivity index (χ2n) is 5.34. The maximum Gasteiger partial charge on any atom is 0.0478 e. The van der Waals surface area contributed by atoms with Gasteiger partial charge in [0.15, 0.2) is 0 Å². The Balaban J connectivity index is 1.58. The van der Waals surface area contributed by atoms with Gasteiger partial charge in [-0.3, -0.25) is 0 Å². The van der Waals surface area contributed by atoms with E-state index in [4.69, 9.17) is 0 Å². The summed E-state index contributed by atoms with van der Waals surface area (Å²) >= 11 is 1.99. The zero-order chi connectivity index (χ0) is 12.2. The van der Waals surface area contributed by atoms with Crippen LogP contribution < -0.4 is 10.6 Å². The van der Waals surface area contributed by atoms with E-state index in [9.17, 15) is 0 Å². The van der Waals surface area contributed by atoms with Gasteiger partial charge in [0.1, 0.15) is 0 Å². The Morgan fingerprint density at radius 2 is 2.06 bits per heavy atom. The molecule has 0 amide bonds. The van der Waals surface area contributed by atoms with E-state index in [0.717, 1.165) is 12.5 Å². The van der Waals surface area contributed by atoms with Crippen molar-refractivity contribution in [2.45, 2.75) is 30.6 Å². The Hall–Kier alpha value is -0.670. The van der Waals surface area contributed by atoms with Gasteiger partial charge in [-0.05, 0) is 62.4 Å². The van der Waals surface area contributed by atoms with Crippen LogP contribution in [0.5, 0.6) is 0 Å². The number of anilines is 1. The minimum absolute atomic E-state index is 0.938. The highest BCUT2D eigenvalue weighted by Crippen LogP contribution is 2.32. The third-order valence-corrected chi connectivity index (χ3v) is 5.08. The highest BCUT2D eigenvalue weighted by atomic mass is 32.2. The van der Waals surface area contributed by atoms with Gasteiger partial charge < -0.3 is 10.6 Å². The number of aryl methyl sites for hydroxylation is 1. The summed E-state index contributed by atoms with van der Waals surface area (Å²) in [7, 11) is 0. The highest BCUT2D eigenvalue weighted by molar-refractivity contribution is 7.99. The minimum Gasteiger partial charge on any atom is -0.383 e. The first kappa shape index (κ1) is 12.4. The van der Waals surface area contributed by atoms with Gasteiger partial charge in [0.2, 0.25) is 0 Å². The van der Waals surface area contributed by atoms with Crippen LogP contribution in [0.25, 0.3) is 0 Å². The van der Waals surface area contributed by atoms with Crippen LogP contribution in [0.3, 0.4) is 0 Å². The zero-order valence-corrected chi connectivity index (χ0v) is 11.7. The molecule has 18 heavy (non-hydrogen) atoms. The third-order valence-electron chi connectivity index (χ3n) is 4.02. The van der Waals surface area contributed by atoms with E-state index in [1.54, 1.807) is 0 Å². The molecule has 0 aliphatic carbocycles. The molecular weight excluding hydrogens is 240 g/mol. The maximum absolute atomic E-state index is 3.47. The van der Waals surface area contributed by atoms with Crippen molar-refractivity contribution in [1.82, 2.24) is 5.32 Å². The van der Waals surface area contributed by atoms with Gasteiger partial charge >= 0.3 is 0 Å². The molecule has 0 aromatic heterocycles. The molecule has 0 bridgehead atoms. The maximum atomic E-state index is 3.47. The van der Waals surface area contributed by atoms with E-state index in [1.165, 1.54) is 60.7 Å². The standard InChI is InChI=1S/C15H22N2S/c1(12-5-7-16-8-6-12)2-13-3-4-14-15(11-13)18-10-9-17-14/h3-4,11-12,16-17H,1-2,5-10H2. The van der Waals surface area contributed by atoms with Gasteiger partial charge in [-0.25, -0.2) is 0 Å². The van der Waals surface area contributed by atoms with Crippen molar-refractivity contribution in [3.8, 4) is 0 Å². The first-order chi connectivity index (χ1) is 8.92. The van der Waals surface area contributed by atoms with Crippen LogP contribution in [0.2, 0.25) is 0 Å². The quantitative estimate of drug-likeness (QED) is 0.875. The number of hydrogen-bond donors (Lipinski definition) is 2. The van der Waals surface area contributed by atoms with Crippen molar-refractivity contribution in [3.63, 3.8) is 0 Å². The third kappa shape index (κ3) is 3.01. The van der Waals surface area contributed by atoms with E-state index < -0.39 is 0 Å². The fourth-order valence-electron chi connectivity index (χ4n) is 2.88. The molecular formula is C15H22N2S. The summed E-state index contributed by atoms with van der Waals surface area (Å²) in [6, 6.07) is 6.96. The summed E-state index contributed by atoms with van der Waals surface area (Å²) in [4.78, 5) is 1.45. The second-order valence-corrected chi connectivity index (χ2v) is 6.47. The lowest BCUT2D eigenvalue weighted by molar-refractivity contribution is 0.354. The van der Waals surface area contributed by atoms with Crippen molar-refractivity contribution in [1.29, 1.82) is 0 Å². The molecule has 1 aromatic carbocycles. The summed E-state index contributed by atoms with van der Waals surface area (Å²) in [5, 5.41) is 6.91. The first-order valence-electron chi connectivity index (χ1n) is 7.12. The number of fused-ring (bicyclic) bond motifs is 1. The minimum atomic E-state index is 0.938. The molecule has 1 fully saturated rings. The second kappa shape index (κ2) is 5.98. The summed E-state index contributed by atoms with van der Waals surface area (Å²) in [6.07, 6.45) is 5.33. The summed E-state index contributed by atoms with van der Waals surface area (Å²) in [5.74, 6) is 2.14. The van der Waals surface area contributed by atoms with E-state index in [0.29, 0.717) is 0 Å². The summed E-state index contributed by atoms with van der Waals surface area (Å²) in [6.45, 7) is 3.54. The predicted octanol–water partition coefficient (Wildman–Crippen LogP) is 3.14. The Morgan fingerprint density at radius 1 is 1.17 bits per heavy atom. The predicted molar refractivity (Wildman–Crippen MR) is 79.6 cm³/mol. The van der Waals surface area contributed by atoms with Crippen molar-refractivity contribution in [2.24, 2.45) is 5.92 Å². The van der Waals surface area contributed by atoms with E-state index >= 15 is 0 Å². The molecule has 2 nitrogen and oxygen atoms in total. The first-order valence-corrected chi connectivity index (χ1v) is 8.11. The molecule has 2 heterocycles. The largest absolute Gasteiger partial charge is 0.383 e. The van der Waals surface area contributed by atoms with Crippen molar-refractivity contribution < 1.29 is 0 Å². The van der Waals surface area contributed by atoms with E-state index in [-0.39, 0.29) is 0 Å². The number of piperidine rings is 1. The highest BCUT2D eigenvalue weighted by Gasteiger charge is 2.14. The van der Waals surface area contributed by atoms with Crippen LogP contribution in [0, 0.1) is 5.92 Å². The zero-order valence-electron chi connectivity index (χ0n) is 10.9. The molecule has 0 radical (unpaired) electrons. The van der Waals surface area contributed by atoms with Crippen LogP contribution in [0.1, 0.15) is 24.8 Å². The Bertz CT molecular complexity index is 399. The number of rotatable bonds is 3. The fourth-order valence-corrected chi connectivity index (χ4v) is 3.83. The van der Waals surface area contributed by atoms with Crippen LogP contribution in [0.15, 0.2) is 23.1 Å². The summed E-state index contributed by atoms with van der Waals surface area (Å²) < 4.78 is 0. The molecule has 0 atom stereocenters. The molecule has 3 rings (SSSR count). The van der Waals surface area contributed by atoms with Gasteiger partial charge in [-0.15, -0.1) is 11.8 Å². The molecule has 2 aliphatic rings. The number of thioether (sulfide) groups is 1. The molecule has 98 valence electrons. The van der Waals surface area contributed by atoms with Crippen LogP contribution in [-0.4, -0.2) is 25.4 Å². The number of benzene rings is 1. The van der Waals surface area contributed by atoms with Gasteiger partial charge in [-0.1, -0.05) is 6.07 Å². The SMILES string of the molecule is c1cc2c(cc1CCC1CCNCC1)SCCN2. The van der Waals surface area contributed by atoms with Crippen LogP contribution in [0.4, 0.5) is 5.69 Å². The Morgan fingerprint density at radius 3 is 2.94 bits per heavy atom. The lowest BCUT2D eigenvalue weighted by Gasteiger charge is -2.23. The van der Waals surface area contributed by atoms with Crippen molar-refractivity contribution in [3.05, 3.63) is 23.8 Å². The Labute approximate surface area is 114 Å². The Kier molecular flexibility index (Phi) is 4.11. The van der Waals surface area contributed by atoms with Crippen LogP contribution >= 0.6 is 11.8 Å². The van der Waals surface area contributed by atoms with Crippen molar-refractivity contribution >= 4 is 17.4 Å². The van der Waals surface area contributed by atoms with E-state index in [2.05, 4.69) is 28.8 Å². The van der Waals surface area contributed by atoms with Crippen molar-refractivity contribution in [2.75, 3.05) is 30.7 Å². The van der Waals surface area contributed by atoms with Crippen LogP contribution in [-0.2, 0) is 6.42 Å². The molecule has 2 N–H and O–H groups in total. The molecule has 3 heteroatoms. The monoisotopic (exact) mass is 262 g/mol. The molecule has 0 saturated carbocycles. The smallest absolute Gasteiger partial charge is 0.0478 e. The summed E-state index contributed by atoms with van der Waals surface area (Å²) in [5.41, 5.74) is 2.85. The van der Waals surface area contributed by atoms with E-state index in [1.807, 2.05) is 11.8 Å². The molecule has 1 saturated heterocycles. The number of hydrogen-bond acceptors (Lipinski definition) is 3. The topological polar surface area (TPSA) is 24.1 Å². The van der Waals surface area contributed by atoms with Gasteiger partial charge in [0.25, 0.3) is 0 Å². The molecule has 1 aromatic rings.